The quantitative estimate of drug-likeness (QED) is 0.510. The first-order chi connectivity index (χ1) is 11.6. The minimum absolute atomic E-state index is 0.00348. The van der Waals surface area contributed by atoms with Crippen molar-refractivity contribution in [1.29, 1.82) is 0 Å². The third-order valence-corrected chi connectivity index (χ3v) is 5.50. The van der Waals surface area contributed by atoms with Gasteiger partial charge in [-0.1, -0.05) is 97.3 Å². The average Bonchev–Trinajstić information content (AvgIpc) is 2.58. The molecule has 1 N–H and O–H groups in total. The summed E-state index contributed by atoms with van der Waals surface area (Å²) in [6.45, 7) is 4.19. The third kappa shape index (κ3) is 10.2. The average molecular weight is 337 g/mol. The Morgan fingerprint density at radius 1 is 0.750 bits per heavy atom. The molecule has 0 heterocycles. The predicted molar refractivity (Wildman–Crippen MR) is 103 cm³/mol. The first-order valence-corrected chi connectivity index (χ1v) is 10.5. The Bertz CT molecular complexity index is 359. The van der Waals surface area contributed by atoms with Gasteiger partial charge in [-0.25, -0.2) is 0 Å². The maximum absolute atomic E-state index is 12.2. The maximum Gasteiger partial charge on any atom is 0.199 e. The van der Waals surface area contributed by atoms with Crippen LogP contribution >= 0.6 is 0 Å². The Hall–Kier alpha value is -0.790. The number of hydrogen-bond donors (Lipinski definition) is 1. The molecule has 0 bridgehead atoms. The van der Waals surface area contributed by atoms with Crippen molar-refractivity contribution in [3.8, 4) is 0 Å². The number of aliphatic hydroxyl groups excluding tert-OH is 1. The second-order valence-corrected chi connectivity index (χ2v) is 8.02. The van der Waals surface area contributed by atoms with Crippen molar-refractivity contribution in [3.05, 3.63) is 11.8 Å². The molecule has 2 unspecified atom stereocenters. The molecule has 0 aromatic rings. The number of ketones is 1. The van der Waals surface area contributed by atoms with Crippen molar-refractivity contribution in [3.63, 3.8) is 0 Å². The molecule has 24 heavy (non-hydrogen) atoms. The smallest absolute Gasteiger partial charge is 0.199 e. The van der Waals surface area contributed by atoms with Gasteiger partial charge in [-0.15, -0.1) is 0 Å². The summed E-state index contributed by atoms with van der Waals surface area (Å²) >= 11 is 0. The number of carbonyl (C=O) groups is 1. The van der Waals surface area contributed by atoms with Crippen molar-refractivity contribution in [2.24, 2.45) is 11.8 Å². The Kier molecular flexibility index (Phi) is 12.0. The third-order valence-electron chi connectivity index (χ3n) is 5.50. The van der Waals surface area contributed by atoms with E-state index in [0.717, 1.165) is 19.3 Å². The van der Waals surface area contributed by atoms with E-state index >= 15 is 0 Å². The van der Waals surface area contributed by atoms with E-state index in [1.165, 1.54) is 77.0 Å². The molecule has 140 valence electrons. The maximum atomic E-state index is 12.2. The summed E-state index contributed by atoms with van der Waals surface area (Å²) in [5.74, 6) is 0.461. The zero-order valence-corrected chi connectivity index (χ0v) is 16.2. The molecule has 0 fully saturated rings. The topological polar surface area (TPSA) is 37.3 Å². The van der Waals surface area contributed by atoms with E-state index in [1.807, 2.05) is 6.92 Å². The van der Waals surface area contributed by atoms with Crippen molar-refractivity contribution >= 4 is 5.78 Å². The number of hydrogen-bond acceptors (Lipinski definition) is 2. The summed E-state index contributed by atoms with van der Waals surface area (Å²) in [6, 6.07) is 0. The second kappa shape index (κ2) is 13.5. The zero-order chi connectivity index (χ0) is 17.6. The highest BCUT2D eigenvalue weighted by molar-refractivity contribution is 5.94. The molecule has 2 nitrogen and oxygen atoms in total. The van der Waals surface area contributed by atoms with Crippen LogP contribution in [0.3, 0.4) is 0 Å². The number of allylic oxidation sites excluding steroid dienone is 2. The normalized spacial score (nSPS) is 30.2. The summed E-state index contributed by atoms with van der Waals surface area (Å²) in [6.07, 6.45) is 20.6. The van der Waals surface area contributed by atoms with Gasteiger partial charge in [-0.3, -0.25) is 4.79 Å². The van der Waals surface area contributed by atoms with Gasteiger partial charge in [-0.2, -0.15) is 0 Å². The van der Waals surface area contributed by atoms with Gasteiger partial charge < -0.3 is 5.11 Å². The molecule has 1 rings (SSSR count). The molecule has 2 atom stereocenters. The van der Waals surface area contributed by atoms with Crippen LogP contribution in [0.1, 0.15) is 110 Å². The van der Waals surface area contributed by atoms with E-state index in [-0.39, 0.29) is 17.5 Å². The first-order valence-electron chi connectivity index (χ1n) is 10.5. The lowest BCUT2D eigenvalue weighted by Gasteiger charge is -2.12. The second-order valence-electron chi connectivity index (χ2n) is 8.02. The van der Waals surface area contributed by atoms with E-state index in [9.17, 15) is 9.90 Å². The molecule has 1 aliphatic rings. The lowest BCUT2D eigenvalue weighted by Crippen LogP contribution is -2.13. The van der Waals surface area contributed by atoms with E-state index in [4.69, 9.17) is 0 Å². The minimum atomic E-state index is -0.0587. The Labute approximate surface area is 150 Å². The SMILES string of the molecule is CC1C/C=C(\O)C(=O)C(C)CCCCCCCCCCCCCC1. The van der Waals surface area contributed by atoms with Gasteiger partial charge >= 0.3 is 0 Å². The van der Waals surface area contributed by atoms with Crippen LogP contribution in [0.4, 0.5) is 0 Å². The number of carbonyl (C=O) groups excluding carboxylic acids is 1. The fraction of sp³-hybridized carbons (Fsp3) is 0.864. The molecule has 0 aromatic heterocycles. The van der Waals surface area contributed by atoms with Gasteiger partial charge in [0.25, 0.3) is 0 Å². The van der Waals surface area contributed by atoms with Crippen LogP contribution in [0.2, 0.25) is 0 Å². The molecule has 0 saturated carbocycles. The van der Waals surface area contributed by atoms with Gasteiger partial charge in [0, 0.05) is 5.92 Å². The van der Waals surface area contributed by atoms with Crippen LogP contribution in [0.5, 0.6) is 0 Å². The van der Waals surface area contributed by atoms with Crippen molar-refractivity contribution in [2.45, 2.75) is 110 Å². The van der Waals surface area contributed by atoms with E-state index in [0.29, 0.717) is 5.92 Å². The molecule has 0 amide bonds. The fourth-order valence-electron chi connectivity index (χ4n) is 3.63. The predicted octanol–water partition coefficient (Wildman–Crippen LogP) is 7.13. The number of Topliss-reactive ketones (excluding diaryl/α,β-unsaturated/α-hetero) is 1. The highest BCUT2D eigenvalue weighted by Crippen LogP contribution is 2.19. The van der Waals surface area contributed by atoms with Crippen LogP contribution in [0.25, 0.3) is 0 Å². The Balaban J connectivity index is 2.44. The molecule has 1 aliphatic carbocycles. The summed E-state index contributed by atoms with van der Waals surface area (Å²) in [7, 11) is 0. The number of aliphatic hydroxyl groups is 1. The molecule has 0 radical (unpaired) electrons. The highest BCUT2D eigenvalue weighted by Gasteiger charge is 2.16. The van der Waals surface area contributed by atoms with Crippen LogP contribution < -0.4 is 0 Å². The van der Waals surface area contributed by atoms with Crippen molar-refractivity contribution in [1.82, 2.24) is 0 Å². The summed E-state index contributed by atoms with van der Waals surface area (Å²) in [5.41, 5.74) is 0. The zero-order valence-electron chi connectivity index (χ0n) is 16.2. The molecule has 0 spiro atoms. The molecule has 0 aliphatic heterocycles. The van der Waals surface area contributed by atoms with Crippen LogP contribution in [-0.2, 0) is 4.79 Å². The molecule has 0 aromatic carbocycles. The monoisotopic (exact) mass is 336 g/mol. The standard InChI is InChI=1S/C22H40O2/c1-19-15-13-11-9-7-5-3-4-6-8-10-12-14-16-20(2)22(24)21(23)18-17-19/h18-20,23H,3-17H2,1-2H3/b21-18-. The summed E-state index contributed by atoms with van der Waals surface area (Å²) in [4.78, 5) is 12.2. The number of rotatable bonds is 0. The Morgan fingerprint density at radius 2 is 1.17 bits per heavy atom. The molecule has 2 heteroatoms. The minimum Gasteiger partial charge on any atom is -0.505 e. The van der Waals surface area contributed by atoms with Gasteiger partial charge in [0.1, 0.15) is 0 Å². The van der Waals surface area contributed by atoms with E-state index in [1.54, 1.807) is 6.08 Å². The van der Waals surface area contributed by atoms with Crippen molar-refractivity contribution < 1.29 is 9.90 Å². The molecular formula is C22H40O2. The van der Waals surface area contributed by atoms with Gasteiger partial charge in [0.2, 0.25) is 0 Å². The van der Waals surface area contributed by atoms with Gasteiger partial charge in [0.05, 0.1) is 0 Å². The van der Waals surface area contributed by atoms with Crippen LogP contribution in [-0.4, -0.2) is 10.9 Å². The van der Waals surface area contributed by atoms with E-state index in [2.05, 4.69) is 6.92 Å². The largest absolute Gasteiger partial charge is 0.505 e. The van der Waals surface area contributed by atoms with Crippen LogP contribution in [0.15, 0.2) is 11.8 Å². The first kappa shape index (κ1) is 21.3. The lowest BCUT2D eigenvalue weighted by molar-refractivity contribution is -0.121. The van der Waals surface area contributed by atoms with Crippen LogP contribution in [0, 0.1) is 11.8 Å². The summed E-state index contributed by atoms with van der Waals surface area (Å²) < 4.78 is 0. The van der Waals surface area contributed by atoms with Gasteiger partial charge in [-0.05, 0) is 24.8 Å². The molecular weight excluding hydrogens is 296 g/mol. The highest BCUT2D eigenvalue weighted by atomic mass is 16.3. The van der Waals surface area contributed by atoms with E-state index < -0.39 is 0 Å². The lowest BCUT2D eigenvalue weighted by atomic mass is 9.94. The van der Waals surface area contributed by atoms with Gasteiger partial charge in [0.15, 0.2) is 11.5 Å². The van der Waals surface area contributed by atoms with Crippen molar-refractivity contribution in [2.75, 3.05) is 0 Å². The summed E-state index contributed by atoms with van der Waals surface area (Å²) in [5, 5.41) is 10.0. The molecule has 0 saturated heterocycles. The Morgan fingerprint density at radius 3 is 1.67 bits per heavy atom. The fourth-order valence-corrected chi connectivity index (χ4v) is 3.63.